The molecule has 2 aromatic carbocycles. The van der Waals surface area contributed by atoms with Crippen molar-refractivity contribution in [2.24, 2.45) is 5.10 Å². The maximum Gasteiger partial charge on any atom is 0.236 e. The summed E-state index contributed by atoms with van der Waals surface area (Å²) in [5.41, 5.74) is 5.80. The van der Waals surface area contributed by atoms with Crippen LogP contribution < -0.4 is 5.43 Å². The highest BCUT2D eigenvalue weighted by Crippen LogP contribution is 2.24. The Hall–Kier alpha value is -2.68. The van der Waals surface area contributed by atoms with Crippen LogP contribution in [0, 0.1) is 0 Å². The van der Waals surface area contributed by atoms with Gasteiger partial charge in [-0.15, -0.1) is 0 Å². The number of allylic oxidation sites excluding steroid dienone is 1. The van der Waals surface area contributed by atoms with Gasteiger partial charge in [-0.2, -0.15) is 5.10 Å². The molecule has 2 aromatic rings. The van der Waals surface area contributed by atoms with E-state index in [1.807, 2.05) is 42.5 Å². The van der Waals surface area contributed by atoms with Crippen LogP contribution in [-0.4, -0.2) is 12.1 Å². The van der Waals surface area contributed by atoms with E-state index in [0.717, 1.165) is 11.1 Å². The number of carbonyl (C=O) groups is 1. The van der Waals surface area contributed by atoms with Crippen molar-refractivity contribution in [3.05, 3.63) is 66.2 Å². The Balaban J connectivity index is 2.19. The number of hydrogen-bond acceptors (Lipinski definition) is 2. The highest BCUT2D eigenvalue weighted by atomic mass is 16.2. The molecule has 0 saturated heterocycles. The van der Waals surface area contributed by atoms with Crippen LogP contribution in [0.15, 0.2) is 65.8 Å². The topological polar surface area (TPSA) is 41.5 Å². The second-order valence-electron chi connectivity index (χ2n) is 4.26. The van der Waals surface area contributed by atoms with Crippen LogP contribution in [0.2, 0.25) is 0 Å². The smallest absolute Gasteiger partial charge is 0.236 e. The second-order valence-corrected chi connectivity index (χ2v) is 4.26. The van der Waals surface area contributed by atoms with Gasteiger partial charge in [-0.3, -0.25) is 4.79 Å². The van der Waals surface area contributed by atoms with Crippen LogP contribution >= 0.6 is 0 Å². The van der Waals surface area contributed by atoms with E-state index < -0.39 is 0 Å². The fourth-order valence-corrected chi connectivity index (χ4v) is 1.84. The van der Waals surface area contributed by atoms with Crippen LogP contribution in [-0.2, 0) is 4.79 Å². The minimum atomic E-state index is -0.181. The maximum absolute atomic E-state index is 10.7. The molecular formula is C17H16N2O. The number of hydrazone groups is 1. The van der Waals surface area contributed by atoms with Crippen molar-refractivity contribution in [3.63, 3.8) is 0 Å². The minimum absolute atomic E-state index is 0.181. The molecule has 0 radical (unpaired) electrons. The van der Waals surface area contributed by atoms with E-state index >= 15 is 0 Å². The number of nitrogens with one attached hydrogen (secondary N) is 1. The first-order chi connectivity index (χ1) is 9.77. The van der Waals surface area contributed by atoms with Crippen LogP contribution in [0.25, 0.3) is 17.2 Å². The van der Waals surface area contributed by atoms with Crippen molar-refractivity contribution >= 4 is 18.2 Å². The molecule has 1 amide bonds. The first kappa shape index (κ1) is 13.7. The Kier molecular flexibility index (Phi) is 4.84. The lowest BCUT2D eigenvalue weighted by Crippen LogP contribution is -2.11. The summed E-state index contributed by atoms with van der Waals surface area (Å²) in [7, 11) is 0. The molecule has 0 saturated carbocycles. The predicted molar refractivity (Wildman–Crippen MR) is 83.2 cm³/mol. The number of carbonyl (C=O) groups excluding carboxylic acids is 1. The molecule has 1 N–H and O–H groups in total. The summed E-state index contributed by atoms with van der Waals surface area (Å²) in [6.07, 6.45) is 5.33. The quantitative estimate of drug-likeness (QED) is 0.666. The zero-order valence-electron chi connectivity index (χ0n) is 11.3. The van der Waals surface area contributed by atoms with E-state index in [2.05, 4.69) is 28.7 Å². The van der Waals surface area contributed by atoms with Gasteiger partial charge in [-0.25, -0.2) is 5.43 Å². The Morgan fingerprint density at radius 1 is 1.05 bits per heavy atom. The molecule has 0 aliphatic rings. The van der Waals surface area contributed by atoms with E-state index in [0.29, 0.717) is 0 Å². The molecule has 0 fully saturated rings. The molecule has 100 valence electrons. The van der Waals surface area contributed by atoms with Crippen LogP contribution in [0.3, 0.4) is 0 Å². The second kappa shape index (κ2) is 7.04. The normalized spacial score (nSPS) is 11.1. The summed E-state index contributed by atoms with van der Waals surface area (Å²) in [5, 5.41) is 3.78. The summed E-state index contributed by atoms with van der Waals surface area (Å²) in [6, 6.07) is 18.4. The van der Waals surface area contributed by atoms with Crippen molar-refractivity contribution in [1.82, 2.24) is 5.43 Å². The third-order valence-electron chi connectivity index (χ3n) is 2.70. The summed E-state index contributed by atoms with van der Waals surface area (Å²) in [4.78, 5) is 10.7. The number of hydrogen-bond donors (Lipinski definition) is 1. The lowest BCUT2D eigenvalue weighted by atomic mass is 9.99. The zero-order valence-corrected chi connectivity index (χ0v) is 11.3. The molecule has 0 aromatic heterocycles. The average Bonchev–Trinajstić information content (AvgIpc) is 2.48. The van der Waals surface area contributed by atoms with E-state index in [1.165, 1.54) is 12.5 Å². The van der Waals surface area contributed by atoms with E-state index in [4.69, 9.17) is 0 Å². The molecule has 3 nitrogen and oxygen atoms in total. The molecule has 0 unspecified atom stereocenters. The van der Waals surface area contributed by atoms with Crippen molar-refractivity contribution in [2.75, 3.05) is 0 Å². The fourth-order valence-electron chi connectivity index (χ4n) is 1.84. The highest BCUT2D eigenvalue weighted by molar-refractivity contribution is 5.84. The van der Waals surface area contributed by atoms with Gasteiger partial charge in [0.15, 0.2) is 0 Å². The predicted octanol–water partition coefficient (Wildman–Crippen LogP) is 3.49. The molecule has 3 heteroatoms. The SMILES string of the molecule is CC(=O)NN=CC=Cc1ccccc1-c1ccccc1. The molecule has 0 aliphatic carbocycles. The van der Waals surface area contributed by atoms with Gasteiger partial charge in [-0.05, 0) is 22.8 Å². The number of nitrogens with zero attached hydrogens (tertiary/aromatic N) is 1. The maximum atomic E-state index is 10.7. The Morgan fingerprint density at radius 3 is 2.50 bits per heavy atom. The van der Waals surface area contributed by atoms with Crippen molar-refractivity contribution in [1.29, 1.82) is 0 Å². The third kappa shape index (κ3) is 3.92. The van der Waals surface area contributed by atoms with Gasteiger partial charge in [0.1, 0.15) is 0 Å². The van der Waals surface area contributed by atoms with Gasteiger partial charge >= 0.3 is 0 Å². The van der Waals surface area contributed by atoms with Crippen LogP contribution in [0.5, 0.6) is 0 Å². The highest BCUT2D eigenvalue weighted by Gasteiger charge is 2.00. The summed E-state index contributed by atoms with van der Waals surface area (Å²) in [5.74, 6) is -0.181. The lowest BCUT2D eigenvalue weighted by Gasteiger charge is -2.05. The number of amides is 1. The number of benzene rings is 2. The van der Waals surface area contributed by atoms with Gasteiger partial charge in [0.2, 0.25) is 5.91 Å². The zero-order chi connectivity index (χ0) is 14.2. The van der Waals surface area contributed by atoms with Crippen LogP contribution in [0.1, 0.15) is 12.5 Å². The van der Waals surface area contributed by atoms with E-state index in [9.17, 15) is 4.79 Å². The molecule has 0 aliphatic heterocycles. The molecule has 0 heterocycles. The molecule has 0 spiro atoms. The summed E-state index contributed by atoms with van der Waals surface area (Å²) in [6.45, 7) is 1.42. The van der Waals surface area contributed by atoms with Crippen molar-refractivity contribution in [3.8, 4) is 11.1 Å². The van der Waals surface area contributed by atoms with Gasteiger partial charge in [0, 0.05) is 13.1 Å². The average molecular weight is 264 g/mol. The third-order valence-corrected chi connectivity index (χ3v) is 2.70. The Morgan fingerprint density at radius 2 is 1.75 bits per heavy atom. The Bertz CT molecular complexity index is 630. The monoisotopic (exact) mass is 264 g/mol. The summed E-state index contributed by atoms with van der Waals surface area (Å²) < 4.78 is 0. The standard InChI is InChI=1S/C17H16N2O/c1-14(20)19-18-13-7-11-16-10-5-6-12-17(16)15-8-3-2-4-9-15/h2-13H,1H3,(H,19,20). The Labute approximate surface area is 118 Å². The molecule has 2 rings (SSSR count). The van der Waals surface area contributed by atoms with Gasteiger partial charge in [0.05, 0.1) is 0 Å². The van der Waals surface area contributed by atoms with Gasteiger partial charge in [0.25, 0.3) is 0 Å². The van der Waals surface area contributed by atoms with Crippen molar-refractivity contribution < 1.29 is 4.79 Å². The lowest BCUT2D eigenvalue weighted by molar-refractivity contribution is -0.118. The van der Waals surface area contributed by atoms with Crippen molar-refractivity contribution in [2.45, 2.75) is 6.92 Å². The first-order valence-electron chi connectivity index (χ1n) is 6.38. The van der Waals surface area contributed by atoms with Crippen LogP contribution in [0.4, 0.5) is 0 Å². The van der Waals surface area contributed by atoms with Gasteiger partial charge < -0.3 is 0 Å². The van der Waals surface area contributed by atoms with E-state index in [-0.39, 0.29) is 5.91 Å². The number of rotatable bonds is 4. The minimum Gasteiger partial charge on any atom is -0.274 e. The van der Waals surface area contributed by atoms with Gasteiger partial charge in [-0.1, -0.05) is 60.7 Å². The molecular weight excluding hydrogens is 248 g/mol. The van der Waals surface area contributed by atoms with E-state index in [1.54, 1.807) is 12.3 Å². The largest absolute Gasteiger partial charge is 0.274 e. The fraction of sp³-hybridized carbons (Fsp3) is 0.0588. The first-order valence-corrected chi connectivity index (χ1v) is 6.38. The molecule has 0 atom stereocenters. The molecule has 20 heavy (non-hydrogen) atoms. The molecule has 0 bridgehead atoms. The summed E-state index contributed by atoms with van der Waals surface area (Å²) >= 11 is 0.